The van der Waals surface area contributed by atoms with Crippen molar-refractivity contribution in [3.05, 3.63) is 36.3 Å². The Morgan fingerprint density at radius 3 is 3.27 bits per heavy atom. The molecule has 3 N–H and O–H groups in total. The predicted molar refractivity (Wildman–Crippen MR) is 44.2 cm³/mol. The maximum atomic E-state index is 5.53. The molecule has 58 valence electrons. The molecular weight excluding hydrogens is 138 g/mol. The molecule has 0 fully saturated rings. The molecule has 0 aromatic rings. The molecule has 2 heterocycles. The Labute approximate surface area is 65.9 Å². The molecule has 0 spiro atoms. The lowest BCUT2D eigenvalue weighted by Gasteiger charge is -2.24. The highest BCUT2D eigenvalue weighted by Gasteiger charge is 2.21. The lowest BCUT2D eigenvalue weighted by atomic mass is 10.3. The minimum absolute atomic E-state index is 0.290. The van der Waals surface area contributed by atoms with Gasteiger partial charge in [-0.25, -0.2) is 0 Å². The van der Waals surface area contributed by atoms with Gasteiger partial charge in [0.2, 0.25) is 0 Å². The Morgan fingerprint density at radius 2 is 2.45 bits per heavy atom. The van der Waals surface area contributed by atoms with Crippen LogP contribution in [-0.2, 0) is 0 Å². The predicted octanol–water partition coefficient (Wildman–Crippen LogP) is 0.101. The zero-order valence-corrected chi connectivity index (χ0v) is 6.20. The number of nitrogens with zero attached hydrogens (tertiary/aromatic N) is 1. The Balaban J connectivity index is 2.20. The van der Waals surface area contributed by atoms with Crippen LogP contribution in [0.5, 0.6) is 0 Å². The molecular formula is C8H11N3. The summed E-state index contributed by atoms with van der Waals surface area (Å²) in [5.74, 6) is 0. The molecule has 0 aromatic carbocycles. The Hall–Kier alpha value is -1.22. The van der Waals surface area contributed by atoms with Crippen molar-refractivity contribution in [2.75, 3.05) is 6.54 Å². The third kappa shape index (κ3) is 0.935. The number of fused-ring (bicyclic) bond motifs is 1. The van der Waals surface area contributed by atoms with Crippen LogP contribution in [0, 0.1) is 0 Å². The second-order valence-electron chi connectivity index (χ2n) is 2.58. The van der Waals surface area contributed by atoms with Crippen molar-refractivity contribution in [3.8, 4) is 0 Å². The minimum Gasteiger partial charge on any atom is -0.366 e. The minimum atomic E-state index is 0.290. The molecule has 2 aliphatic heterocycles. The van der Waals surface area contributed by atoms with E-state index in [1.54, 1.807) is 0 Å². The third-order valence-corrected chi connectivity index (χ3v) is 1.91. The number of hydrogen-bond acceptors (Lipinski definition) is 3. The van der Waals surface area contributed by atoms with Crippen LogP contribution in [0.4, 0.5) is 0 Å². The van der Waals surface area contributed by atoms with Gasteiger partial charge >= 0.3 is 0 Å². The molecule has 0 radical (unpaired) electrons. The van der Waals surface area contributed by atoms with E-state index >= 15 is 0 Å². The van der Waals surface area contributed by atoms with Gasteiger partial charge in [0.25, 0.3) is 0 Å². The van der Waals surface area contributed by atoms with Crippen LogP contribution in [-0.4, -0.2) is 17.6 Å². The van der Waals surface area contributed by atoms with E-state index in [-0.39, 0.29) is 0 Å². The molecule has 0 amide bonds. The fraction of sp³-hybridized carbons (Fsp3) is 0.250. The first kappa shape index (κ1) is 6.49. The highest BCUT2D eigenvalue weighted by atomic mass is 15.3. The lowest BCUT2D eigenvalue weighted by Crippen LogP contribution is -2.33. The van der Waals surface area contributed by atoms with Crippen LogP contribution in [0.15, 0.2) is 36.3 Å². The average molecular weight is 149 g/mol. The van der Waals surface area contributed by atoms with Crippen LogP contribution in [0.1, 0.15) is 0 Å². The first-order valence-corrected chi connectivity index (χ1v) is 3.70. The number of nitrogens with two attached hydrogens (primary N) is 1. The van der Waals surface area contributed by atoms with E-state index in [0.717, 1.165) is 5.70 Å². The van der Waals surface area contributed by atoms with Gasteiger partial charge in [0.05, 0.1) is 0 Å². The molecule has 0 aliphatic carbocycles. The Morgan fingerprint density at radius 1 is 1.55 bits per heavy atom. The standard InChI is InChI=1S/C8H11N3/c9-5-7-6-10-8-3-1-2-4-11(7)8/h1-4,6,8,10H,5,9H2. The van der Waals surface area contributed by atoms with Crippen molar-refractivity contribution in [3.63, 3.8) is 0 Å². The molecule has 0 saturated heterocycles. The lowest BCUT2D eigenvalue weighted by molar-refractivity contribution is 0.396. The van der Waals surface area contributed by atoms with E-state index < -0.39 is 0 Å². The molecule has 2 rings (SSSR count). The van der Waals surface area contributed by atoms with Gasteiger partial charge < -0.3 is 16.0 Å². The number of rotatable bonds is 1. The number of hydrogen-bond donors (Lipinski definition) is 2. The largest absolute Gasteiger partial charge is 0.366 e. The van der Waals surface area contributed by atoms with Gasteiger partial charge in [0, 0.05) is 24.6 Å². The van der Waals surface area contributed by atoms with Crippen LogP contribution in [0.2, 0.25) is 0 Å². The van der Waals surface area contributed by atoms with Crippen LogP contribution in [0.3, 0.4) is 0 Å². The summed E-state index contributed by atoms with van der Waals surface area (Å²) in [6.07, 6.45) is 10.4. The van der Waals surface area contributed by atoms with Crippen molar-refractivity contribution in [2.45, 2.75) is 6.17 Å². The molecule has 1 atom stereocenters. The van der Waals surface area contributed by atoms with Gasteiger partial charge in [-0.15, -0.1) is 0 Å². The van der Waals surface area contributed by atoms with Crippen molar-refractivity contribution < 1.29 is 0 Å². The van der Waals surface area contributed by atoms with E-state index in [2.05, 4.69) is 16.3 Å². The normalized spacial score (nSPS) is 26.5. The van der Waals surface area contributed by atoms with Crippen molar-refractivity contribution in [1.29, 1.82) is 0 Å². The monoisotopic (exact) mass is 149 g/mol. The second-order valence-corrected chi connectivity index (χ2v) is 2.58. The molecule has 3 nitrogen and oxygen atoms in total. The molecule has 0 saturated carbocycles. The molecule has 2 aliphatic rings. The van der Waals surface area contributed by atoms with Crippen LogP contribution < -0.4 is 11.1 Å². The van der Waals surface area contributed by atoms with Gasteiger partial charge in [0.1, 0.15) is 6.17 Å². The Bertz CT molecular complexity index is 240. The first-order valence-electron chi connectivity index (χ1n) is 3.70. The SMILES string of the molecule is NCC1=CNC2C=CC=CN12. The van der Waals surface area contributed by atoms with E-state index in [1.807, 2.05) is 24.6 Å². The summed E-state index contributed by atoms with van der Waals surface area (Å²) in [5, 5.41) is 3.21. The summed E-state index contributed by atoms with van der Waals surface area (Å²) in [4.78, 5) is 2.12. The summed E-state index contributed by atoms with van der Waals surface area (Å²) in [6.45, 7) is 0.585. The maximum Gasteiger partial charge on any atom is 0.122 e. The van der Waals surface area contributed by atoms with Gasteiger partial charge in [-0.1, -0.05) is 6.08 Å². The van der Waals surface area contributed by atoms with Gasteiger partial charge in [-0.3, -0.25) is 0 Å². The summed E-state index contributed by atoms with van der Waals surface area (Å²) >= 11 is 0. The summed E-state index contributed by atoms with van der Waals surface area (Å²) < 4.78 is 0. The smallest absolute Gasteiger partial charge is 0.122 e. The average Bonchev–Trinajstić information content (AvgIpc) is 2.47. The third-order valence-electron chi connectivity index (χ3n) is 1.91. The van der Waals surface area contributed by atoms with Crippen molar-refractivity contribution in [2.24, 2.45) is 5.73 Å². The number of nitrogens with one attached hydrogen (secondary N) is 1. The van der Waals surface area contributed by atoms with Gasteiger partial charge in [-0.2, -0.15) is 0 Å². The topological polar surface area (TPSA) is 41.3 Å². The summed E-state index contributed by atoms with van der Waals surface area (Å²) in [5.41, 5.74) is 6.67. The molecule has 0 aromatic heterocycles. The maximum absolute atomic E-state index is 5.53. The molecule has 3 heteroatoms. The van der Waals surface area contributed by atoms with E-state index in [1.165, 1.54) is 0 Å². The fourth-order valence-corrected chi connectivity index (χ4v) is 1.33. The fourth-order valence-electron chi connectivity index (χ4n) is 1.33. The van der Waals surface area contributed by atoms with Crippen molar-refractivity contribution >= 4 is 0 Å². The summed E-state index contributed by atoms with van der Waals surface area (Å²) in [7, 11) is 0. The number of allylic oxidation sites excluding steroid dienone is 2. The first-order chi connectivity index (χ1) is 5.42. The van der Waals surface area contributed by atoms with Crippen molar-refractivity contribution in [1.82, 2.24) is 10.2 Å². The Kier molecular flexibility index (Phi) is 1.43. The quantitative estimate of drug-likeness (QED) is 0.555. The van der Waals surface area contributed by atoms with E-state index in [0.29, 0.717) is 12.7 Å². The van der Waals surface area contributed by atoms with Gasteiger partial charge in [0.15, 0.2) is 0 Å². The zero-order valence-electron chi connectivity index (χ0n) is 6.20. The highest BCUT2D eigenvalue weighted by Crippen LogP contribution is 2.17. The molecule has 11 heavy (non-hydrogen) atoms. The molecule has 1 unspecified atom stereocenters. The van der Waals surface area contributed by atoms with E-state index in [4.69, 9.17) is 5.73 Å². The zero-order chi connectivity index (χ0) is 7.68. The summed E-state index contributed by atoms with van der Waals surface area (Å²) in [6, 6.07) is 0. The van der Waals surface area contributed by atoms with Crippen LogP contribution >= 0.6 is 0 Å². The van der Waals surface area contributed by atoms with Gasteiger partial charge in [-0.05, 0) is 12.2 Å². The van der Waals surface area contributed by atoms with E-state index in [9.17, 15) is 0 Å². The molecule has 0 bridgehead atoms. The highest BCUT2D eigenvalue weighted by molar-refractivity contribution is 5.24. The second kappa shape index (κ2) is 2.43. The van der Waals surface area contributed by atoms with Crippen LogP contribution in [0.25, 0.3) is 0 Å².